The highest BCUT2D eigenvalue weighted by Gasteiger charge is 2.16. The van der Waals surface area contributed by atoms with Gasteiger partial charge in [0.25, 0.3) is 0 Å². The number of hydrogen-bond acceptors (Lipinski definition) is 8. The Morgan fingerprint density at radius 1 is 1.15 bits per heavy atom. The lowest BCUT2D eigenvalue weighted by Crippen LogP contribution is -2.41. The number of amides is 2. The first-order valence-corrected chi connectivity index (χ1v) is 10.4. The minimum atomic E-state index is -0.157. The molecule has 144 valence electrons. The molecule has 0 atom stereocenters. The average molecular weight is 428 g/mol. The Balaban J connectivity index is 1.41. The van der Waals surface area contributed by atoms with E-state index in [4.69, 9.17) is 16.3 Å². The third kappa shape index (κ3) is 6.74. The summed E-state index contributed by atoms with van der Waals surface area (Å²) in [7, 11) is 0. The fourth-order valence-electron chi connectivity index (χ4n) is 2.30. The molecule has 0 spiro atoms. The number of thioether (sulfide) groups is 1. The van der Waals surface area contributed by atoms with E-state index >= 15 is 0 Å². The minimum absolute atomic E-state index is 0.134. The minimum Gasteiger partial charge on any atom is -0.379 e. The molecule has 0 aliphatic carbocycles. The lowest BCUT2D eigenvalue weighted by atomic mass is 10.3. The zero-order chi connectivity index (χ0) is 19.1. The number of ether oxygens (including phenoxy) is 1. The van der Waals surface area contributed by atoms with Gasteiger partial charge in [0, 0.05) is 23.8 Å². The van der Waals surface area contributed by atoms with Crippen molar-refractivity contribution in [2.45, 2.75) is 4.34 Å². The standard InChI is InChI=1S/C16H18ClN5O3S2/c17-11-1-3-12(4-2-11)18-14(24)10-26-16-21-20-15(27-16)19-13(23)9-22-5-7-25-8-6-22/h1-4H,5-10H2,(H,18,24)(H,19,20,23). The highest BCUT2D eigenvalue weighted by atomic mass is 35.5. The summed E-state index contributed by atoms with van der Waals surface area (Å²) < 4.78 is 5.87. The van der Waals surface area contributed by atoms with E-state index in [1.807, 2.05) is 4.90 Å². The van der Waals surface area contributed by atoms with Gasteiger partial charge in [0.1, 0.15) is 0 Å². The monoisotopic (exact) mass is 427 g/mol. The normalized spacial score (nSPS) is 14.7. The van der Waals surface area contributed by atoms with Crippen molar-refractivity contribution >= 4 is 57.3 Å². The molecule has 1 aromatic carbocycles. The van der Waals surface area contributed by atoms with Gasteiger partial charge in [0.05, 0.1) is 25.5 Å². The Morgan fingerprint density at radius 2 is 1.89 bits per heavy atom. The molecule has 1 saturated heterocycles. The SMILES string of the molecule is O=C(CSc1nnc(NC(=O)CN2CCOCC2)s1)Nc1ccc(Cl)cc1. The average Bonchev–Trinajstić information content (AvgIpc) is 3.10. The first kappa shape index (κ1) is 20.0. The maximum atomic E-state index is 12.0. The predicted octanol–water partition coefficient (Wildman–Crippen LogP) is 2.19. The molecule has 1 aliphatic rings. The molecule has 1 fully saturated rings. The molecule has 0 unspecified atom stereocenters. The number of aromatic nitrogens is 2. The second-order valence-electron chi connectivity index (χ2n) is 5.65. The molecule has 0 bridgehead atoms. The number of rotatable bonds is 7. The molecule has 1 aromatic heterocycles. The second kappa shape index (κ2) is 10.00. The molecule has 1 aliphatic heterocycles. The summed E-state index contributed by atoms with van der Waals surface area (Å²) in [6.07, 6.45) is 0. The van der Waals surface area contributed by atoms with Gasteiger partial charge < -0.3 is 10.1 Å². The fraction of sp³-hybridized carbons (Fsp3) is 0.375. The molecule has 2 heterocycles. The van der Waals surface area contributed by atoms with Crippen LogP contribution in [0.1, 0.15) is 0 Å². The van der Waals surface area contributed by atoms with E-state index in [9.17, 15) is 9.59 Å². The van der Waals surface area contributed by atoms with Gasteiger partial charge in [-0.1, -0.05) is 34.7 Å². The van der Waals surface area contributed by atoms with Crippen LogP contribution in [0.5, 0.6) is 0 Å². The van der Waals surface area contributed by atoms with Gasteiger partial charge in [-0.3, -0.25) is 19.8 Å². The molecule has 11 heteroatoms. The van der Waals surface area contributed by atoms with Crippen LogP contribution in [-0.4, -0.2) is 65.5 Å². The largest absolute Gasteiger partial charge is 0.379 e. The lowest BCUT2D eigenvalue weighted by Gasteiger charge is -2.25. The van der Waals surface area contributed by atoms with E-state index in [1.54, 1.807) is 24.3 Å². The van der Waals surface area contributed by atoms with Gasteiger partial charge in [-0.05, 0) is 24.3 Å². The predicted molar refractivity (Wildman–Crippen MR) is 107 cm³/mol. The molecule has 2 amide bonds. The molecule has 2 aromatic rings. The quantitative estimate of drug-likeness (QED) is 0.516. The van der Waals surface area contributed by atoms with Crippen LogP contribution in [0.2, 0.25) is 5.02 Å². The summed E-state index contributed by atoms with van der Waals surface area (Å²) in [5, 5.41) is 14.5. The Bertz CT molecular complexity index is 781. The number of carbonyl (C=O) groups excluding carboxylic acids is 2. The van der Waals surface area contributed by atoms with E-state index in [1.165, 1.54) is 23.1 Å². The van der Waals surface area contributed by atoms with Crippen LogP contribution in [0.4, 0.5) is 10.8 Å². The number of morpholine rings is 1. The fourth-order valence-corrected chi connectivity index (χ4v) is 3.99. The van der Waals surface area contributed by atoms with Crippen molar-refractivity contribution in [1.82, 2.24) is 15.1 Å². The molecular formula is C16H18ClN5O3S2. The maximum absolute atomic E-state index is 12.0. The summed E-state index contributed by atoms with van der Waals surface area (Å²) in [6, 6.07) is 6.89. The lowest BCUT2D eigenvalue weighted by molar-refractivity contribution is -0.118. The van der Waals surface area contributed by atoms with Crippen LogP contribution < -0.4 is 10.6 Å². The van der Waals surface area contributed by atoms with Crippen molar-refractivity contribution < 1.29 is 14.3 Å². The van der Waals surface area contributed by atoms with Gasteiger partial charge >= 0.3 is 0 Å². The zero-order valence-electron chi connectivity index (χ0n) is 14.3. The number of halogens is 1. The summed E-state index contributed by atoms with van der Waals surface area (Å²) in [4.78, 5) is 26.1. The van der Waals surface area contributed by atoms with Crippen LogP contribution in [0.3, 0.4) is 0 Å². The van der Waals surface area contributed by atoms with Crippen LogP contribution >= 0.6 is 34.7 Å². The van der Waals surface area contributed by atoms with E-state index < -0.39 is 0 Å². The molecule has 27 heavy (non-hydrogen) atoms. The molecule has 2 N–H and O–H groups in total. The van der Waals surface area contributed by atoms with Gasteiger partial charge in [-0.25, -0.2) is 0 Å². The number of benzene rings is 1. The summed E-state index contributed by atoms with van der Waals surface area (Å²) in [6.45, 7) is 3.07. The van der Waals surface area contributed by atoms with Gasteiger partial charge in [-0.2, -0.15) is 0 Å². The van der Waals surface area contributed by atoms with Crippen LogP contribution in [0.25, 0.3) is 0 Å². The molecule has 0 radical (unpaired) electrons. The summed E-state index contributed by atoms with van der Waals surface area (Å²) >= 11 is 8.32. The van der Waals surface area contributed by atoms with Crippen molar-refractivity contribution in [3.63, 3.8) is 0 Å². The first-order chi connectivity index (χ1) is 13.1. The second-order valence-corrected chi connectivity index (χ2v) is 8.29. The van der Waals surface area contributed by atoms with Crippen LogP contribution in [-0.2, 0) is 14.3 Å². The highest BCUT2D eigenvalue weighted by Crippen LogP contribution is 2.25. The van der Waals surface area contributed by atoms with Crippen molar-refractivity contribution in [3.05, 3.63) is 29.3 Å². The van der Waals surface area contributed by atoms with E-state index in [-0.39, 0.29) is 17.6 Å². The van der Waals surface area contributed by atoms with Crippen molar-refractivity contribution in [2.24, 2.45) is 0 Å². The van der Waals surface area contributed by atoms with Crippen molar-refractivity contribution in [3.8, 4) is 0 Å². The van der Waals surface area contributed by atoms with Gasteiger partial charge in [0.15, 0.2) is 4.34 Å². The van der Waals surface area contributed by atoms with Gasteiger partial charge in [0.2, 0.25) is 16.9 Å². The molecule has 0 saturated carbocycles. The van der Waals surface area contributed by atoms with Crippen molar-refractivity contribution in [2.75, 3.05) is 49.2 Å². The first-order valence-electron chi connectivity index (χ1n) is 8.20. The van der Waals surface area contributed by atoms with Crippen LogP contribution in [0, 0.1) is 0 Å². The third-order valence-electron chi connectivity index (χ3n) is 3.58. The number of nitrogens with zero attached hydrogens (tertiary/aromatic N) is 3. The van der Waals surface area contributed by atoms with Crippen molar-refractivity contribution in [1.29, 1.82) is 0 Å². The van der Waals surface area contributed by atoms with E-state index in [0.717, 1.165) is 13.1 Å². The molecule has 3 rings (SSSR count). The van der Waals surface area contributed by atoms with Crippen LogP contribution in [0.15, 0.2) is 28.6 Å². The Kier molecular flexibility index (Phi) is 7.41. The number of carbonyl (C=O) groups is 2. The molecular weight excluding hydrogens is 410 g/mol. The van der Waals surface area contributed by atoms with E-state index in [0.29, 0.717) is 39.9 Å². The Morgan fingerprint density at radius 3 is 2.63 bits per heavy atom. The smallest absolute Gasteiger partial charge is 0.240 e. The number of anilines is 2. The summed E-state index contributed by atoms with van der Waals surface area (Å²) in [5.74, 6) is -0.0978. The zero-order valence-corrected chi connectivity index (χ0v) is 16.7. The summed E-state index contributed by atoms with van der Waals surface area (Å²) in [5.41, 5.74) is 0.679. The van der Waals surface area contributed by atoms with Gasteiger partial charge in [-0.15, -0.1) is 10.2 Å². The number of hydrogen-bond donors (Lipinski definition) is 2. The molecule has 8 nitrogen and oxygen atoms in total. The third-order valence-corrected chi connectivity index (χ3v) is 5.80. The topological polar surface area (TPSA) is 96.5 Å². The Hall–Kier alpha value is -1.72. The Labute approximate surface area is 169 Å². The highest BCUT2D eigenvalue weighted by molar-refractivity contribution is 8.01. The number of nitrogens with one attached hydrogen (secondary N) is 2. The maximum Gasteiger partial charge on any atom is 0.240 e. The van der Waals surface area contributed by atoms with E-state index in [2.05, 4.69) is 20.8 Å².